The zero-order valence-corrected chi connectivity index (χ0v) is 22.7. The van der Waals surface area contributed by atoms with Gasteiger partial charge in [-0.15, -0.1) is 0 Å². The van der Waals surface area contributed by atoms with Crippen LogP contribution in [0.15, 0.2) is 42.5 Å². The molecule has 1 aliphatic rings. The summed E-state index contributed by atoms with van der Waals surface area (Å²) in [5, 5.41) is 8.80. The lowest BCUT2D eigenvalue weighted by Gasteiger charge is -2.19. The van der Waals surface area contributed by atoms with E-state index in [9.17, 15) is 18.8 Å². The second-order valence-electron chi connectivity index (χ2n) is 10.3. The van der Waals surface area contributed by atoms with Crippen LogP contribution in [0.3, 0.4) is 0 Å². The fourth-order valence-corrected chi connectivity index (χ4v) is 4.54. The van der Waals surface area contributed by atoms with Gasteiger partial charge in [-0.2, -0.15) is 0 Å². The van der Waals surface area contributed by atoms with Crippen molar-refractivity contribution >= 4 is 29.2 Å². The number of ether oxygens (including phenoxy) is 2. The Hall–Kier alpha value is -4.34. The summed E-state index contributed by atoms with van der Waals surface area (Å²) in [7, 11) is 1.58. The Labute approximate surface area is 226 Å². The standard InChI is InChI=1S/C29H33FN4O5/c1-6-19-24(27(36)32-14-21-20-13-16(30)7-12-22(20)34-26(21)35)23(33-25(19)28(37)39-29(2,3)4)15-31-17-8-10-18(38-5)11-9-17/h7-13,21,31,33H,6,14-15H2,1-5H3,(H,32,36)(H,34,35). The molecule has 2 aromatic carbocycles. The molecule has 9 nitrogen and oxygen atoms in total. The van der Waals surface area contributed by atoms with Crippen molar-refractivity contribution in [3.63, 3.8) is 0 Å². The summed E-state index contributed by atoms with van der Waals surface area (Å²) in [5.74, 6) is -1.84. The maximum Gasteiger partial charge on any atom is 0.355 e. The number of amides is 2. The topological polar surface area (TPSA) is 122 Å². The molecule has 206 valence electrons. The molecule has 1 unspecified atom stereocenters. The Morgan fingerprint density at radius 3 is 2.46 bits per heavy atom. The number of hydrogen-bond acceptors (Lipinski definition) is 6. The van der Waals surface area contributed by atoms with Gasteiger partial charge in [0.05, 0.1) is 25.1 Å². The molecular weight excluding hydrogens is 503 g/mol. The Kier molecular flexibility index (Phi) is 7.94. The molecule has 4 N–H and O–H groups in total. The number of esters is 1. The molecule has 1 atom stereocenters. The van der Waals surface area contributed by atoms with E-state index in [0.29, 0.717) is 40.2 Å². The lowest BCUT2D eigenvalue weighted by atomic mass is 10.00. The third-order valence-corrected chi connectivity index (χ3v) is 6.35. The number of methoxy groups -OCH3 is 1. The number of benzene rings is 2. The molecule has 1 aliphatic heterocycles. The zero-order valence-electron chi connectivity index (χ0n) is 22.7. The Balaban J connectivity index is 1.61. The van der Waals surface area contributed by atoms with Crippen LogP contribution in [0, 0.1) is 5.82 Å². The molecule has 4 rings (SSSR count). The Bertz CT molecular complexity index is 1390. The first-order valence-corrected chi connectivity index (χ1v) is 12.7. The van der Waals surface area contributed by atoms with Gasteiger partial charge in [0.25, 0.3) is 5.91 Å². The van der Waals surface area contributed by atoms with Gasteiger partial charge in [0.1, 0.15) is 22.9 Å². The molecule has 10 heteroatoms. The summed E-state index contributed by atoms with van der Waals surface area (Å²) in [6, 6.07) is 11.4. The Morgan fingerprint density at radius 2 is 1.82 bits per heavy atom. The minimum atomic E-state index is -0.741. The summed E-state index contributed by atoms with van der Waals surface area (Å²) >= 11 is 0. The predicted octanol–water partition coefficient (Wildman–Crippen LogP) is 4.76. The highest BCUT2D eigenvalue weighted by molar-refractivity contribution is 6.04. The van der Waals surface area contributed by atoms with E-state index in [1.54, 1.807) is 27.9 Å². The van der Waals surface area contributed by atoms with Crippen molar-refractivity contribution in [2.24, 2.45) is 0 Å². The monoisotopic (exact) mass is 536 g/mol. The van der Waals surface area contributed by atoms with Gasteiger partial charge in [-0.3, -0.25) is 9.59 Å². The van der Waals surface area contributed by atoms with Gasteiger partial charge in [0.15, 0.2) is 0 Å². The van der Waals surface area contributed by atoms with E-state index in [-0.39, 0.29) is 24.7 Å². The largest absolute Gasteiger partial charge is 0.497 e. The average Bonchev–Trinajstić information content (AvgIpc) is 3.41. The van der Waals surface area contributed by atoms with Crippen LogP contribution in [-0.4, -0.2) is 42.0 Å². The van der Waals surface area contributed by atoms with Gasteiger partial charge in [-0.05, 0) is 80.8 Å². The SMILES string of the molecule is CCc1c(C(=O)OC(C)(C)C)[nH]c(CNc2ccc(OC)cc2)c1C(=O)NCC1C(=O)Nc2ccc(F)cc21. The molecule has 0 bridgehead atoms. The van der Waals surface area contributed by atoms with E-state index in [1.807, 2.05) is 31.2 Å². The maximum atomic E-state index is 13.9. The minimum Gasteiger partial charge on any atom is -0.497 e. The molecule has 0 saturated carbocycles. The van der Waals surface area contributed by atoms with E-state index < -0.39 is 29.2 Å². The first kappa shape index (κ1) is 27.7. The van der Waals surface area contributed by atoms with Gasteiger partial charge in [-0.25, -0.2) is 9.18 Å². The van der Waals surface area contributed by atoms with Crippen molar-refractivity contribution < 1.29 is 28.2 Å². The van der Waals surface area contributed by atoms with Crippen LogP contribution >= 0.6 is 0 Å². The number of H-pyrrole nitrogens is 1. The van der Waals surface area contributed by atoms with Crippen LogP contribution in [0.1, 0.15) is 71.3 Å². The van der Waals surface area contributed by atoms with Crippen LogP contribution in [0.4, 0.5) is 15.8 Å². The summed E-state index contributed by atoms with van der Waals surface area (Å²) < 4.78 is 24.6. The highest BCUT2D eigenvalue weighted by Crippen LogP contribution is 2.33. The maximum absolute atomic E-state index is 13.9. The van der Waals surface area contributed by atoms with Crippen molar-refractivity contribution in [2.45, 2.75) is 52.2 Å². The number of rotatable bonds is 9. The summed E-state index contributed by atoms with van der Waals surface area (Å²) in [6.07, 6.45) is 0.383. The zero-order chi connectivity index (χ0) is 28.3. The number of hydrogen-bond donors (Lipinski definition) is 4. The number of carbonyl (C=O) groups excluding carboxylic acids is 3. The number of nitrogens with one attached hydrogen (secondary N) is 4. The van der Waals surface area contributed by atoms with Gasteiger partial charge in [0, 0.05) is 23.6 Å². The van der Waals surface area contributed by atoms with Crippen molar-refractivity contribution in [1.29, 1.82) is 0 Å². The number of aromatic nitrogens is 1. The third-order valence-electron chi connectivity index (χ3n) is 6.35. The number of anilines is 2. The van der Waals surface area contributed by atoms with Crippen LogP contribution in [0.25, 0.3) is 0 Å². The molecule has 0 spiro atoms. The lowest BCUT2D eigenvalue weighted by Crippen LogP contribution is -2.32. The minimum absolute atomic E-state index is 0.0391. The molecule has 0 fully saturated rings. The highest BCUT2D eigenvalue weighted by atomic mass is 19.1. The second kappa shape index (κ2) is 11.2. The molecule has 1 aromatic heterocycles. The van der Waals surface area contributed by atoms with Crippen molar-refractivity contribution in [3.05, 3.63) is 76.4 Å². The first-order valence-electron chi connectivity index (χ1n) is 12.7. The number of aromatic amines is 1. The van der Waals surface area contributed by atoms with Crippen molar-refractivity contribution in [2.75, 3.05) is 24.3 Å². The van der Waals surface area contributed by atoms with Gasteiger partial charge in [-0.1, -0.05) is 6.92 Å². The average molecular weight is 537 g/mol. The second-order valence-corrected chi connectivity index (χ2v) is 10.3. The molecule has 2 heterocycles. The van der Waals surface area contributed by atoms with E-state index >= 15 is 0 Å². The van der Waals surface area contributed by atoms with Crippen LogP contribution in [0.2, 0.25) is 0 Å². The summed E-state index contributed by atoms with van der Waals surface area (Å²) in [6.45, 7) is 7.33. The lowest BCUT2D eigenvalue weighted by molar-refractivity contribution is -0.116. The molecule has 0 aliphatic carbocycles. The van der Waals surface area contributed by atoms with Gasteiger partial charge in [0.2, 0.25) is 5.91 Å². The number of fused-ring (bicyclic) bond motifs is 1. The van der Waals surface area contributed by atoms with E-state index in [0.717, 1.165) is 5.69 Å². The molecule has 0 saturated heterocycles. The summed E-state index contributed by atoms with van der Waals surface area (Å²) in [5.41, 5.74) is 2.57. The first-order chi connectivity index (χ1) is 18.5. The highest BCUT2D eigenvalue weighted by Gasteiger charge is 2.33. The fraction of sp³-hybridized carbons (Fsp3) is 0.345. The molecule has 0 radical (unpaired) electrons. The fourth-order valence-electron chi connectivity index (χ4n) is 4.54. The predicted molar refractivity (Wildman–Crippen MR) is 146 cm³/mol. The summed E-state index contributed by atoms with van der Waals surface area (Å²) in [4.78, 5) is 42.3. The van der Waals surface area contributed by atoms with E-state index in [4.69, 9.17) is 9.47 Å². The van der Waals surface area contributed by atoms with E-state index in [2.05, 4.69) is 20.9 Å². The van der Waals surface area contributed by atoms with Gasteiger partial charge >= 0.3 is 5.97 Å². The Morgan fingerprint density at radius 1 is 1.10 bits per heavy atom. The van der Waals surface area contributed by atoms with E-state index in [1.165, 1.54) is 18.2 Å². The van der Waals surface area contributed by atoms with Crippen molar-refractivity contribution in [1.82, 2.24) is 10.3 Å². The quantitative estimate of drug-likeness (QED) is 0.293. The number of carbonyl (C=O) groups is 3. The number of halogens is 1. The van der Waals surface area contributed by atoms with Crippen LogP contribution in [-0.2, 0) is 22.5 Å². The molecular formula is C29H33FN4O5. The molecule has 2 amide bonds. The molecule has 3 aromatic rings. The van der Waals surface area contributed by atoms with Crippen LogP contribution in [0.5, 0.6) is 5.75 Å². The third kappa shape index (κ3) is 6.22. The van der Waals surface area contributed by atoms with Gasteiger partial charge < -0.3 is 30.4 Å². The smallest absolute Gasteiger partial charge is 0.355 e. The molecule has 39 heavy (non-hydrogen) atoms. The van der Waals surface area contributed by atoms with Crippen LogP contribution < -0.4 is 20.7 Å². The van der Waals surface area contributed by atoms with Crippen molar-refractivity contribution in [3.8, 4) is 5.75 Å². The normalized spacial score (nSPS) is 14.4.